The van der Waals surface area contributed by atoms with E-state index in [0.29, 0.717) is 11.4 Å². The maximum Gasteiger partial charge on any atom is 0.293 e. The van der Waals surface area contributed by atoms with Crippen LogP contribution < -0.4 is 10.2 Å². The Morgan fingerprint density at radius 1 is 1.15 bits per heavy atom. The van der Waals surface area contributed by atoms with Crippen LogP contribution in [0.2, 0.25) is 0 Å². The predicted octanol–water partition coefficient (Wildman–Crippen LogP) is 4.18. The van der Waals surface area contributed by atoms with E-state index in [1.54, 1.807) is 28.8 Å². The number of nitrogens with one attached hydrogen (secondary N) is 1. The topological polar surface area (TPSA) is 119 Å². The van der Waals surface area contributed by atoms with Crippen LogP contribution in [0, 0.1) is 10.1 Å². The molecule has 33 heavy (non-hydrogen) atoms. The maximum atomic E-state index is 12.8. The molecule has 1 aliphatic heterocycles. The van der Waals surface area contributed by atoms with E-state index < -0.39 is 10.8 Å². The summed E-state index contributed by atoms with van der Waals surface area (Å²) in [4.78, 5) is 26.7. The Kier molecular flexibility index (Phi) is 5.47. The van der Waals surface area contributed by atoms with Crippen molar-refractivity contribution in [2.45, 2.75) is 26.2 Å². The molecule has 3 heterocycles. The summed E-state index contributed by atoms with van der Waals surface area (Å²) in [7, 11) is 0. The summed E-state index contributed by atoms with van der Waals surface area (Å²) in [5, 5.41) is 28.0. The van der Waals surface area contributed by atoms with Gasteiger partial charge < -0.3 is 10.2 Å². The minimum atomic E-state index is -0.427. The zero-order chi connectivity index (χ0) is 22.9. The second-order valence-corrected chi connectivity index (χ2v) is 8.71. The van der Waals surface area contributed by atoms with Crippen molar-refractivity contribution in [3.63, 3.8) is 0 Å². The zero-order valence-electron chi connectivity index (χ0n) is 17.9. The third-order valence-electron chi connectivity index (χ3n) is 5.64. The molecule has 1 saturated heterocycles. The normalized spacial score (nSPS) is 13.5. The smallest absolute Gasteiger partial charge is 0.293 e. The molecule has 10 nitrogen and oxygen atoms in total. The van der Waals surface area contributed by atoms with Gasteiger partial charge in [-0.05, 0) is 49.2 Å². The number of carbonyl (C=O) groups is 1. The molecule has 0 radical (unpaired) electrons. The molecule has 0 atom stereocenters. The van der Waals surface area contributed by atoms with Crippen molar-refractivity contribution in [1.29, 1.82) is 0 Å². The molecule has 5 rings (SSSR count). The van der Waals surface area contributed by atoms with E-state index in [-0.39, 0.29) is 11.3 Å². The molecule has 11 heteroatoms. The Morgan fingerprint density at radius 2 is 1.91 bits per heavy atom. The van der Waals surface area contributed by atoms with Gasteiger partial charge in [0.2, 0.25) is 4.96 Å². The van der Waals surface area contributed by atoms with Crippen LogP contribution in [-0.4, -0.2) is 43.7 Å². The van der Waals surface area contributed by atoms with Crippen LogP contribution in [-0.2, 0) is 6.42 Å². The van der Waals surface area contributed by atoms with Crippen molar-refractivity contribution < 1.29 is 9.72 Å². The van der Waals surface area contributed by atoms with Crippen molar-refractivity contribution in [2.24, 2.45) is 0 Å². The van der Waals surface area contributed by atoms with Gasteiger partial charge in [-0.3, -0.25) is 14.9 Å². The average molecular weight is 464 g/mol. The fraction of sp³-hybridized carbons (Fsp3) is 0.273. The molecule has 1 N–H and O–H groups in total. The molecule has 1 aliphatic rings. The van der Waals surface area contributed by atoms with Gasteiger partial charge in [-0.2, -0.15) is 9.61 Å². The highest BCUT2D eigenvalue weighted by atomic mass is 32.1. The molecule has 1 amide bonds. The molecule has 1 fully saturated rings. The largest absolute Gasteiger partial charge is 0.366 e. The third-order valence-corrected chi connectivity index (χ3v) is 6.59. The molecular weight excluding hydrogens is 442 g/mol. The van der Waals surface area contributed by atoms with Crippen molar-refractivity contribution in [2.75, 3.05) is 23.3 Å². The van der Waals surface area contributed by atoms with Gasteiger partial charge in [0, 0.05) is 42.4 Å². The Hall–Kier alpha value is -3.86. The molecule has 2 aromatic carbocycles. The molecule has 0 spiro atoms. The molecule has 0 bridgehead atoms. The number of hydrogen-bond donors (Lipinski definition) is 1. The van der Waals surface area contributed by atoms with Gasteiger partial charge >= 0.3 is 0 Å². The molecule has 4 aromatic rings. The highest BCUT2D eigenvalue weighted by Gasteiger charge is 2.24. The van der Waals surface area contributed by atoms with Crippen LogP contribution in [0.25, 0.3) is 15.5 Å². The fourth-order valence-corrected chi connectivity index (χ4v) is 4.79. The summed E-state index contributed by atoms with van der Waals surface area (Å²) in [5.41, 5.74) is 2.25. The van der Waals surface area contributed by atoms with Crippen LogP contribution >= 0.6 is 11.3 Å². The number of benzene rings is 2. The van der Waals surface area contributed by atoms with Crippen molar-refractivity contribution in [3.05, 3.63) is 64.0 Å². The van der Waals surface area contributed by atoms with Crippen LogP contribution in [0.5, 0.6) is 0 Å². The number of hydrogen-bond acceptors (Lipinski definition) is 8. The van der Waals surface area contributed by atoms with Crippen molar-refractivity contribution in [1.82, 2.24) is 19.8 Å². The minimum Gasteiger partial charge on any atom is -0.366 e. The lowest BCUT2D eigenvalue weighted by molar-refractivity contribution is -0.384. The van der Waals surface area contributed by atoms with E-state index in [1.165, 1.54) is 17.4 Å². The summed E-state index contributed by atoms with van der Waals surface area (Å²) in [6.07, 6.45) is 2.77. The number of aromatic nitrogens is 4. The van der Waals surface area contributed by atoms with E-state index in [9.17, 15) is 14.9 Å². The predicted molar refractivity (Wildman–Crippen MR) is 126 cm³/mol. The monoisotopic (exact) mass is 463 g/mol. The first-order valence-electron chi connectivity index (χ1n) is 10.7. The van der Waals surface area contributed by atoms with Gasteiger partial charge in [0.25, 0.3) is 11.6 Å². The highest BCUT2D eigenvalue weighted by molar-refractivity contribution is 7.19. The Morgan fingerprint density at radius 3 is 2.61 bits per heavy atom. The van der Waals surface area contributed by atoms with E-state index in [2.05, 4.69) is 20.6 Å². The number of amides is 1. The molecule has 2 aromatic heterocycles. The summed E-state index contributed by atoms with van der Waals surface area (Å²) < 4.78 is 1.74. The number of rotatable bonds is 6. The second-order valence-electron chi connectivity index (χ2n) is 7.76. The van der Waals surface area contributed by atoms with E-state index in [4.69, 9.17) is 0 Å². The van der Waals surface area contributed by atoms with Crippen LogP contribution in [0.3, 0.4) is 0 Å². The maximum absolute atomic E-state index is 12.8. The zero-order valence-corrected chi connectivity index (χ0v) is 18.7. The Labute approximate surface area is 193 Å². The molecule has 0 aliphatic carbocycles. The lowest BCUT2D eigenvalue weighted by atomic mass is 10.1. The summed E-state index contributed by atoms with van der Waals surface area (Å²) in [6.45, 7) is 3.58. The summed E-state index contributed by atoms with van der Waals surface area (Å²) in [5.74, 6) is 0.409. The SMILES string of the molecule is CCc1nnc2sc(-c3ccc(NC(=O)c4ccc(N5CCCC5)c([N+](=O)[O-])c4)cc3)nn12. The second kappa shape index (κ2) is 8.58. The molecule has 0 unspecified atom stereocenters. The number of aryl methyl sites for hydroxylation is 1. The van der Waals surface area contributed by atoms with Crippen LogP contribution in [0.15, 0.2) is 42.5 Å². The van der Waals surface area contributed by atoms with Gasteiger partial charge in [-0.25, -0.2) is 0 Å². The molecule has 168 valence electrons. The third kappa shape index (κ3) is 4.02. The first-order chi connectivity index (χ1) is 16.0. The number of nitro groups is 1. The van der Waals surface area contributed by atoms with Gasteiger partial charge in [0.15, 0.2) is 5.82 Å². The quantitative estimate of drug-likeness (QED) is 0.337. The standard InChI is InChI=1S/C22H21N7O3S/c1-2-19-24-25-22-28(19)26-21(33-22)14-5-8-16(9-6-14)23-20(30)15-7-10-17(18(13-15)29(31)32)27-11-3-4-12-27/h5-10,13H,2-4,11-12H2,1H3,(H,23,30). The lowest BCUT2D eigenvalue weighted by Crippen LogP contribution is -2.19. The first kappa shape index (κ1) is 21.0. The van der Waals surface area contributed by atoms with Crippen molar-refractivity contribution >= 4 is 39.3 Å². The summed E-state index contributed by atoms with van der Waals surface area (Å²) in [6, 6.07) is 11.9. The molecule has 0 saturated carbocycles. The highest BCUT2D eigenvalue weighted by Crippen LogP contribution is 2.32. The van der Waals surface area contributed by atoms with Gasteiger partial charge in [-0.15, -0.1) is 10.2 Å². The van der Waals surface area contributed by atoms with Gasteiger partial charge in [-0.1, -0.05) is 18.3 Å². The number of anilines is 2. The Balaban J connectivity index is 1.33. The fourth-order valence-electron chi connectivity index (χ4n) is 3.93. The Bertz CT molecular complexity index is 1340. The van der Waals surface area contributed by atoms with Crippen LogP contribution in [0.4, 0.5) is 17.1 Å². The molecular formula is C22H21N7O3S. The number of nitro benzene ring substituents is 1. The van der Waals surface area contributed by atoms with Crippen LogP contribution in [0.1, 0.15) is 35.9 Å². The van der Waals surface area contributed by atoms with E-state index >= 15 is 0 Å². The summed E-state index contributed by atoms with van der Waals surface area (Å²) >= 11 is 1.44. The average Bonchev–Trinajstić information content (AvgIpc) is 3.56. The minimum absolute atomic E-state index is 0.0466. The van der Waals surface area contributed by atoms with Gasteiger partial charge in [0.05, 0.1) is 4.92 Å². The number of nitrogens with zero attached hydrogens (tertiary/aromatic N) is 6. The van der Waals surface area contributed by atoms with Crippen molar-refractivity contribution in [3.8, 4) is 10.6 Å². The lowest BCUT2D eigenvalue weighted by Gasteiger charge is -2.17. The number of carbonyl (C=O) groups excluding carboxylic acids is 1. The van der Waals surface area contributed by atoms with E-state index in [1.807, 2.05) is 24.0 Å². The van der Waals surface area contributed by atoms with Gasteiger partial charge in [0.1, 0.15) is 10.7 Å². The van der Waals surface area contributed by atoms with E-state index in [0.717, 1.165) is 53.7 Å². The first-order valence-corrected chi connectivity index (χ1v) is 11.5. The number of fused-ring (bicyclic) bond motifs is 1.